The Hall–Kier alpha value is -1.52. The van der Waals surface area contributed by atoms with Crippen LogP contribution in [0.25, 0.3) is 0 Å². The van der Waals surface area contributed by atoms with E-state index in [0.717, 1.165) is 38.8 Å². The summed E-state index contributed by atoms with van der Waals surface area (Å²) in [6.07, 6.45) is 10.3. The Morgan fingerprint density at radius 3 is 2.86 bits per heavy atom. The van der Waals surface area contributed by atoms with Crippen molar-refractivity contribution in [3.05, 3.63) is 35.5 Å². The van der Waals surface area contributed by atoms with Crippen LogP contribution in [0.5, 0.6) is 0 Å². The maximum absolute atomic E-state index is 5.47. The van der Waals surface area contributed by atoms with Crippen molar-refractivity contribution in [2.75, 3.05) is 26.3 Å². The quantitative estimate of drug-likeness (QED) is 0.633. The van der Waals surface area contributed by atoms with Crippen molar-refractivity contribution in [2.45, 2.75) is 38.1 Å². The van der Waals surface area contributed by atoms with Crippen LogP contribution in [0.2, 0.25) is 0 Å². The summed E-state index contributed by atoms with van der Waals surface area (Å²) in [5.41, 5.74) is 2.82. The standard InChI is InChI=1S/C18H25N3O/c1-19-18-8-6-16(14-20-18)13-15-3-2-4-17(7-5-15)21-9-11-22-12-10-21/h3,6,8,14,17H,1-2,4-5,7,9-13H2. The summed E-state index contributed by atoms with van der Waals surface area (Å²) in [6.45, 7) is 7.49. The summed E-state index contributed by atoms with van der Waals surface area (Å²) in [5.74, 6) is 0.700. The largest absolute Gasteiger partial charge is 0.379 e. The maximum atomic E-state index is 5.47. The average molecular weight is 299 g/mol. The van der Waals surface area contributed by atoms with Crippen molar-refractivity contribution in [3.63, 3.8) is 0 Å². The molecule has 3 rings (SSSR count). The highest BCUT2D eigenvalue weighted by molar-refractivity contribution is 5.40. The van der Waals surface area contributed by atoms with Crippen molar-refractivity contribution in [1.82, 2.24) is 9.88 Å². The van der Waals surface area contributed by atoms with Crippen molar-refractivity contribution < 1.29 is 4.74 Å². The molecule has 0 spiro atoms. The molecule has 1 aliphatic heterocycles. The van der Waals surface area contributed by atoms with Crippen LogP contribution < -0.4 is 0 Å². The molecule has 1 unspecified atom stereocenters. The van der Waals surface area contributed by atoms with Gasteiger partial charge in [0.25, 0.3) is 0 Å². The van der Waals surface area contributed by atoms with E-state index in [0.29, 0.717) is 5.82 Å². The molecule has 1 aromatic heterocycles. The van der Waals surface area contributed by atoms with Gasteiger partial charge in [0.05, 0.1) is 13.2 Å². The van der Waals surface area contributed by atoms with Crippen LogP contribution in [0, 0.1) is 0 Å². The zero-order chi connectivity index (χ0) is 15.2. The van der Waals surface area contributed by atoms with Crippen molar-refractivity contribution >= 4 is 12.5 Å². The highest BCUT2D eigenvalue weighted by atomic mass is 16.5. The molecule has 22 heavy (non-hydrogen) atoms. The lowest BCUT2D eigenvalue weighted by atomic mass is 10.0. The highest BCUT2D eigenvalue weighted by Gasteiger charge is 2.22. The van der Waals surface area contributed by atoms with Gasteiger partial charge < -0.3 is 4.74 Å². The topological polar surface area (TPSA) is 37.7 Å². The first-order chi connectivity index (χ1) is 10.8. The van der Waals surface area contributed by atoms with Crippen LogP contribution >= 0.6 is 0 Å². The van der Waals surface area contributed by atoms with E-state index in [-0.39, 0.29) is 0 Å². The molecule has 4 nitrogen and oxygen atoms in total. The molecule has 1 saturated heterocycles. The number of aliphatic imine (C=N–C) groups is 1. The highest BCUT2D eigenvalue weighted by Crippen LogP contribution is 2.25. The summed E-state index contributed by atoms with van der Waals surface area (Å²) in [7, 11) is 0. The van der Waals surface area contributed by atoms with Gasteiger partial charge >= 0.3 is 0 Å². The smallest absolute Gasteiger partial charge is 0.151 e. The first-order valence-electron chi connectivity index (χ1n) is 8.26. The van der Waals surface area contributed by atoms with Gasteiger partial charge in [-0.25, -0.2) is 9.98 Å². The van der Waals surface area contributed by atoms with E-state index in [9.17, 15) is 0 Å². The number of rotatable bonds is 4. The molecular weight excluding hydrogens is 274 g/mol. The summed E-state index contributed by atoms with van der Waals surface area (Å²) in [6, 6.07) is 4.78. The Balaban J connectivity index is 1.54. The SMILES string of the molecule is C=Nc1ccc(CC2=CCCC(N3CCOCC3)CC2)cn1. The van der Waals surface area contributed by atoms with Crippen LogP contribution in [0.3, 0.4) is 0 Å². The van der Waals surface area contributed by atoms with Crippen molar-refractivity contribution in [1.29, 1.82) is 0 Å². The zero-order valence-electron chi connectivity index (χ0n) is 13.2. The fourth-order valence-corrected chi connectivity index (χ4v) is 3.42. The van der Waals surface area contributed by atoms with Crippen LogP contribution in [0.1, 0.15) is 31.2 Å². The van der Waals surface area contributed by atoms with E-state index in [1.54, 1.807) is 5.57 Å². The molecule has 4 heteroatoms. The molecule has 2 aliphatic rings. The molecule has 0 aromatic carbocycles. The number of nitrogens with zero attached hydrogens (tertiary/aromatic N) is 3. The molecule has 2 heterocycles. The van der Waals surface area contributed by atoms with Crippen LogP contribution in [0.4, 0.5) is 5.82 Å². The first kappa shape index (κ1) is 15.4. The number of hydrogen-bond acceptors (Lipinski definition) is 4. The van der Waals surface area contributed by atoms with Crippen molar-refractivity contribution in [2.24, 2.45) is 4.99 Å². The van der Waals surface area contributed by atoms with Gasteiger partial charge in [-0.3, -0.25) is 4.90 Å². The first-order valence-corrected chi connectivity index (χ1v) is 8.26. The summed E-state index contributed by atoms with van der Waals surface area (Å²) >= 11 is 0. The molecular formula is C18H25N3O. The van der Waals surface area contributed by atoms with Gasteiger partial charge in [-0.2, -0.15) is 0 Å². The summed E-state index contributed by atoms with van der Waals surface area (Å²) < 4.78 is 5.47. The average Bonchev–Trinajstić information content (AvgIpc) is 2.82. The zero-order valence-corrected chi connectivity index (χ0v) is 13.2. The molecule has 1 fully saturated rings. The minimum absolute atomic E-state index is 0.700. The fraction of sp³-hybridized carbons (Fsp3) is 0.556. The van der Waals surface area contributed by atoms with Crippen molar-refractivity contribution in [3.8, 4) is 0 Å². The molecule has 0 N–H and O–H groups in total. The van der Waals surface area contributed by atoms with Gasteiger partial charge in [-0.15, -0.1) is 0 Å². The molecule has 1 aliphatic carbocycles. The molecule has 1 atom stereocenters. The Morgan fingerprint density at radius 1 is 1.27 bits per heavy atom. The number of pyridine rings is 1. The number of morpholine rings is 1. The minimum atomic E-state index is 0.700. The van der Waals surface area contributed by atoms with Crippen LogP contribution in [-0.4, -0.2) is 48.9 Å². The lowest BCUT2D eigenvalue weighted by molar-refractivity contribution is 0.0136. The van der Waals surface area contributed by atoms with Gasteiger partial charge in [0.2, 0.25) is 0 Å². The van der Waals surface area contributed by atoms with E-state index in [1.165, 1.54) is 31.2 Å². The third kappa shape index (κ3) is 4.02. The predicted octanol–water partition coefficient (Wildman–Crippen LogP) is 3.16. The van der Waals surface area contributed by atoms with Gasteiger partial charge in [-0.05, 0) is 50.5 Å². The van der Waals surface area contributed by atoms with Gasteiger partial charge in [0, 0.05) is 25.3 Å². The normalized spacial score (nSPS) is 23.6. The number of allylic oxidation sites excluding steroid dienone is 2. The second-order valence-corrected chi connectivity index (χ2v) is 6.14. The molecule has 0 radical (unpaired) electrons. The number of hydrogen-bond donors (Lipinski definition) is 0. The lowest BCUT2D eigenvalue weighted by Crippen LogP contribution is -2.43. The van der Waals surface area contributed by atoms with Crippen LogP contribution in [0.15, 0.2) is 35.0 Å². The second kappa shape index (κ2) is 7.65. The predicted molar refractivity (Wildman–Crippen MR) is 89.9 cm³/mol. The third-order valence-corrected chi connectivity index (χ3v) is 4.70. The Kier molecular flexibility index (Phi) is 5.35. The van der Waals surface area contributed by atoms with E-state index in [4.69, 9.17) is 4.74 Å². The third-order valence-electron chi connectivity index (χ3n) is 4.70. The Labute approximate surface area is 132 Å². The molecule has 118 valence electrons. The molecule has 0 amide bonds. The minimum Gasteiger partial charge on any atom is -0.379 e. The maximum Gasteiger partial charge on any atom is 0.151 e. The van der Waals surface area contributed by atoms with Crippen LogP contribution in [-0.2, 0) is 11.2 Å². The molecule has 0 bridgehead atoms. The van der Waals surface area contributed by atoms with E-state index in [1.807, 2.05) is 12.3 Å². The van der Waals surface area contributed by atoms with Gasteiger partial charge in [0.1, 0.15) is 0 Å². The fourth-order valence-electron chi connectivity index (χ4n) is 3.42. The molecule has 1 aromatic rings. The summed E-state index contributed by atoms with van der Waals surface area (Å²) in [5, 5.41) is 0. The van der Waals surface area contributed by atoms with Gasteiger partial charge in [-0.1, -0.05) is 17.7 Å². The number of aromatic nitrogens is 1. The Bertz CT molecular complexity index is 518. The second-order valence-electron chi connectivity index (χ2n) is 6.14. The van der Waals surface area contributed by atoms with E-state index < -0.39 is 0 Å². The monoisotopic (exact) mass is 299 g/mol. The van der Waals surface area contributed by atoms with E-state index >= 15 is 0 Å². The van der Waals surface area contributed by atoms with Gasteiger partial charge in [0.15, 0.2) is 5.82 Å². The number of ether oxygens (including phenoxy) is 1. The lowest BCUT2D eigenvalue weighted by Gasteiger charge is -2.34. The Morgan fingerprint density at radius 2 is 2.14 bits per heavy atom. The summed E-state index contributed by atoms with van der Waals surface area (Å²) in [4.78, 5) is 10.8. The molecule has 0 saturated carbocycles. The van der Waals surface area contributed by atoms with E-state index in [2.05, 4.69) is 33.7 Å².